The fourth-order valence-electron chi connectivity index (χ4n) is 3.58. The number of nitrogens with zero attached hydrogens (tertiary/aromatic N) is 6. The van der Waals surface area contributed by atoms with E-state index in [1.54, 1.807) is 0 Å². The van der Waals surface area contributed by atoms with Crippen LogP contribution in [0.5, 0.6) is 11.5 Å². The first-order valence-electron chi connectivity index (χ1n) is 10.1. The van der Waals surface area contributed by atoms with Crippen molar-refractivity contribution in [1.82, 2.24) is 29.9 Å². The van der Waals surface area contributed by atoms with E-state index in [-0.39, 0.29) is 24.0 Å². The molecule has 0 atom stereocenters. The number of rotatable bonds is 5. The molecular formula is C20H30IN7O2. The molecule has 0 bridgehead atoms. The van der Waals surface area contributed by atoms with Crippen LogP contribution >= 0.6 is 24.0 Å². The third-order valence-electron chi connectivity index (χ3n) is 5.40. The van der Waals surface area contributed by atoms with Crippen molar-refractivity contribution >= 4 is 29.9 Å². The second kappa shape index (κ2) is 10.3. The Bertz CT molecular complexity index is 878. The molecule has 1 aromatic heterocycles. The van der Waals surface area contributed by atoms with E-state index >= 15 is 0 Å². The maximum Gasteiger partial charge on any atom is 0.231 e. The van der Waals surface area contributed by atoms with Gasteiger partial charge in [0.05, 0.1) is 0 Å². The van der Waals surface area contributed by atoms with Gasteiger partial charge in [-0.25, -0.2) is 4.99 Å². The van der Waals surface area contributed by atoms with Gasteiger partial charge in [0.25, 0.3) is 0 Å². The van der Waals surface area contributed by atoms with Crippen LogP contribution in [-0.2, 0) is 20.1 Å². The summed E-state index contributed by atoms with van der Waals surface area (Å²) in [7, 11) is 1.97. The average Bonchev–Trinajstić information content (AvgIpc) is 3.33. The summed E-state index contributed by atoms with van der Waals surface area (Å²) in [6, 6.07) is 6.20. The number of aliphatic imine (C=N–C) groups is 1. The largest absolute Gasteiger partial charge is 0.454 e. The van der Waals surface area contributed by atoms with Gasteiger partial charge < -0.3 is 24.3 Å². The lowest BCUT2D eigenvalue weighted by atomic mass is 10.1. The van der Waals surface area contributed by atoms with Gasteiger partial charge in [-0.3, -0.25) is 4.90 Å². The number of ether oxygens (including phenoxy) is 2. The highest BCUT2D eigenvalue weighted by atomic mass is 127. The molecule has 1 N–H and O–H groups in total. The Morgan fingerprint density at radius 3 is 2.60 bits per heavy atom. The monoisotopic (exact) mass is 527 g/mol. The first-order valence-corrected chi connectivity index (χ1v) is 10.1. The van der Waals surface area contributed by atoms with E-state index in [1.807, 2.05) is 24.6 Å². The summed E-state index contributed by atoms with van der Waals surface area (Å²) in [6.07, 6.45) is 0. The molecule has 3 heterocycles. The van der Waals surface area contributed by atoms with E-state index in [4.69, 9.17) is 14.5 Å². The summed E-state index contributed by atoms with van der Waals surface area (Å²) in [5, 5.41) is 11.7. The van der Waals surface area contributed by atoms with E-state index < -0.39 is 0 Å². The Kier molecular flexibility index (Phi) is 7.75. The minimum Gasteiger partial charge on any atom is -0.454 e. The van der Waals surface area contributed by atoms with Gasteiger partial charge in [-0.05, 0) is 31.5 Å². The maximum absolute atomic E-state index is 5.49. The zero-order valence-corrected chi connectivity index (χ0v) is 20.1. The fourth-order valence-corrected chi connectivity index (χ4v) is 3.58. The SMILES string of the molecule is CCNC(=NCc1nnc(C)n1C)N1CCN(Cc2ccc3c(c2)OCO3)CC1.I. The van der Waals surface area contributed by atoms with Gasteiger partial charge in [0, 0.05) is 46.3 Å². The van der Waals surface area contributed by atoms with Crippen molar-refractivity contribution in [1.29, 1.82) is 0 Å². The first-order chi connectivity index (χ1) is 14.1. The molecule has 0 aliphatic carbocycles. The number of hydrogen-bond donors (Lipinski definition) is 1. The third kappa shape index (κ3) is 5.15. The number of hydrogen-bond acceptors (Lipinski definition) is 6. The van der Waals surface area contributed by atoms with Crippen LogP contribution in [0.1, 0.15) is 24.1 Å². The van der Waals surface area contributed by atoms with Crippen LogP contribution in [0.15, 0.2) is 23.2 Å². The summed E-state index contributed by atoms with van der Waals surface area (Å²) in [5.41, 5.74) is 1.25. The molecule has 2 aromatic rings. The van der Waals surface area contributed by atoms with Crippen molar-refractivity contribution in [2.24, 2.45) is 12.0 Å². The van der Waals surface area contributed by atoms with Crippen LogP contribution in [0.4, 0.5) is 0 Å². The number of nitrogens with one attached hydrogen (secondary N) is 1. The van der Waals surface area contributed by atoms with Crippen LogP contribution < -0.4 is 14.8 Å². The Balaban J connectivity index is 0.00000256. The van der Waals surface area contributed by atoms with E-state index in [0.717, 1.165) is 68.4 Å². The molecule has 4 rings (SSSR count). The minimum atomic E-state index is 0. The molecule has 2 aliphatic heterocycles. The van der Waals surface area contributed by atoms with Gasteiger partial charge in [-0.2, -0.15) is 0 Å². The molecule has 10 heteroatoms. The molecule has 1 fully saturated rings. The van der Waals surface area contributed by atoms with Crippen LogP contribution in [-0.4, -0.2) is 70.0 Å². The summed E-state index contributed by atoms with van der Waals surface area (Å²) in [4.78, 5) is 9.57. The Morgan fingerprint density at radius 2 is 1.90 bits per heavy atom. The molecule has 0 unspecified atom stereocenters. The van der Waals surface area contributed by atoms with Crippen LogP contribution in [0.3, 0.4) is 0 Å². The Morgan fingerprint density at radius 1 is 1.13 bits per heavy atom. The first kappa shape index (κ1) is 22.6. The predicted octanol–water partition coefficient (Wildman–Crippen LogP) is 1.75. The van der Waals surface area contributed by atoms with Crippen LogP contribution in [0.2, 0.25) is 0 Å². The number of aryl methyl sites for hydroxylation is 1. The van der Waals surface area contributed by atoms with Crippen molar-refractivity contribution in [3.8, 4) is 11.5 Å². The molecule has 164 valence electrons. The molecule has 2 aliphatic rings. The number of piperazine rings is 1. The summed E-state index contributed by atoms with van der Waals surface area (Å²) < 4.78 is 12.9. The van der Waals surface area contributed by atoms with Gasteiger partial charge in [-0.1, -0.05) is 6.07 Å². The highest BCUT2D eigenvalue weighted by Crippen LogP contribution is 2.32. The number of fused-ring (bicyclic) bond motifs is 1. The molecule has 30 heavy (non-hydrogen) atoms. The molecule has 0 radical (unpaired) electrons. The highest BCUT2D eigenvalue weighted by molar-refractivity contribution is 14.0. The van der Waals surface area contributed by atoms with Crippen molar-refractivity contribution in [2.45, 2.75) is 26.9 Å². The van der Waals surface area contributed by atoms with Gasteiger partial charge in [0.15, 0.2) is 23.3 Å². The second-order valence-electron chi connectivity index (χ2n) is 7.34. The summed E-state index contributed by atoms with van der Waals surface area (Å²) in [6.45, 7) is 10.5. The third-order valence-corrected chi connectivity index (χ3v) is 5.40. The zero-order valence-electron chi connectivity index (χ0n) is 17.8. The fraction of sp³-hybridized carbons (Fsp3) is 0.550. The number of halogens is 1. The molecule has 1 aromatic carbocycles. The van der Waals surface area contributed by atoms with Gasteiger partial charge in [0.1, 0.15) is 12.4 Å². The number of guanidine groups is 1. The molecule has 0 spiro atoms. The maximum atomic E-state index is 5.49. The van der Waals surface area contributed by atoms with Crippen molar-refractivity contribution < 1.29 is 9.47 Å². The normalized spacial score (nSPS) is 16.5. The predicted molar refractivity (Wildman–Crippen MR) is 125 cm³/mol. The van der Waals surface area contributed by atoms with Crippen molar-refractivity contribution in [2.75, 3.05) is 39.5 Å². The van der Waals surface area contributed by atoms with Crippen LogP contribution in [0, 0.1) is 6.92 Å². The van der Waals surface area contributed by atoms with E-state index in [2.05, 4.69) is 44.4 Å². The van der Waals surface area contributed by atoms with Gasteiger partial charge in [0.2, 0.25) is 6.79 Å². The van der Waals surface area contributed by atoms with E-state index in [9.17, 15) is 0 Å². The Labute approximate surface area is 194 Å². The van der Waals surface area contributed by atoms with E-state index in [1.165, 1.54) is 5.56 Å². The van der Waals surface area contributed by atoms with E-state index in [0.29, 0.717) is 13.3 Å². The summed E-state index contributed by atoms with van der Waals surface area (Å²) in [5.74, 6) is 4.40. The van der Waals surface area contributed by atoms with Crippen molar-refractivity contribution in [3.05, 3.63) is 35.4 Å². The lowest BCUT2D eigenvalue weighted by Crippen LogP contribution is -2.52. The van der Waals surface area contributed by atoms with Gasteiger partial charge in [-0.15, -0.1) is 34.2 Å². The number of benzene rings is 1. The standard InChI is InChI=1S/C20H29N7O2.HI/c1-4-21-20(22-12-19-24-23-15(2)25(19)3)27-9-7-26(8-10-27)13-16-5-6-17-18(11-16)29-14-28-17;/h5-6,11H,4,7-10,12-14H2,1-3H3,(H,21,22);1H. The molecule has 0 amide bonds. The quantitative estimate of drug-likeness (QED) is 0.361. The molecule has 0 saturated carbocycles. The highest BCUT2D eigenvalue weighted by Gasteiger charge is 2.21. The van der Waals surface area contributed by atoms with Crippen molar-refractivity contribution in [3.63, 3.8) is 0 Å². The lowest BCUT2D eigenvalue weighted by molar-refractivity contribution is 0.171. The summed E-state index contributed by atoms with van der Waals surface area (Å²) >= 11 is 0. The van der Waals surface area contributed by atoms with Gasteiger partial charge >= 0.3 is 0 Å². The van der Waals surface area contributed by atoms with Crippen LogP contribution in [0.25, 0.3) is 0 Å². The second-order valence-corrected chi connectivity index (χ2v) is 7.34. The smallest absolute Gasteiger partial charge is 0.231 e. The lowest BCUT2D eigenvalue weighted by Gasteiger charge is -2.36. The topological polar surface area (TPSA) is 80.0 Å². The molecule has 1 saturated heterocycles. The minimum absolute atomic E-state index is 0. The zero-order chi connectivity index (χ0) is 20.2. The Hall–Kier alpha value is -2.08. The number of aromatic nitrogens is 3. The average molecular weight is 527 g/mol. The molecular weight excluding hydrogens is 497 g/mol. The molecule has 9 nitrogen and oxygen atoms in total.